The minimum Gasteiger partial charge on any atom is -0.371 e. The molecular weight excluding hydrogens is 252 g/mol. The van der Waals surface area contributed by atoms with Gasteiger partial charge in [0.25, 0.3) is 0 Å². The van der Waals surface area contributed by atoms with Gasteiger partial charge < -0.3 is 10.4 Å². The van der Waals surface area contributed by atoms with Gasteiger partial charge in [0.1, 0.15) is 5.84 Å². The van der Waals surface area contributed by atoms with Crippen LogP contribution in [0.1, 0.15) is 17.8 Å². The highest BCUT2D eigenvalue weighted by molar-refractivity contribution is 5.94. The van der Waals surface area contributed by atoms with E-state index in [1.165, 1.54) is 0 Å². The molecule has 1 aliphatic rings. The van der Waals surface area contributed by atoms with Crippen LogP contribution in [0.2, 0.25) is 0 Å². The third kappa shape index (κ3) is 2.16. The summed E-state index contributed by atoms with van der Waals surface area (Å²) in [6.45, 7) is 1.49. The number of hydrogen-bond donors (Lipinski definition) is 2. The molecular formula is C15H16N4O. The summed E-state index contributed by atoms with van der Waals surface area (Å²) < 4.78 is 0. The molecule has 1 unspecified atom stereocenters. The molecule has 5 heteroatoms. The molecule has 1 aromatic carbocycles. The van der Waals surface area contributed by atoms with Crippen molar-refractivity contribution in [2.75, 3.05) is 13.1 Å². The van der Waals surface area contributed by atoms with Gasteiger partial charge in [0.05, 0.1) is 0 Å². The first-order valence-corrected chi connectivity index (χ1v) is 6.66. The molecule has 0 saturated carbocycles. The fourth-order valence-corrected chi connectivity index (χ4v) is 2.31. The monoisotopic (exact) mass is 268 g/mol. The molecule has 3 rings (SSSR count). The summed E-state index contributed by atoms with van der Waals surface area (Å²) in [4.78, 5) is 12.9. The Hall–Kier alpha value is -2.27. The maximum absolute atomic E-state index is 11.3. The second kappa shape index (κ2) is 5.38. The first-order chi connectivity index (χ1) is 9.82. The van der Waals surface area contributed by atoms with Gasteiger partial charge in [0.2, 0.25) is 5.60 Å². The lowest BCUT2D eigenvalue weighted by Crippen LogP contribution is -2.48. The number of benzene rings is 1. The highest BCUT2D eigenvalue weighted by Gasteiger charge is 2.41. The van der Waals surface area contributed by atoms with Gasteiger partial charge in [-0.2, -0.15) is 0 Å². The number of amidine groups is 1. The number of aliphatic imine (C=N–C) groups is 1. The number of aliphatic hydroxyl groups is 1. The zero-order chi connectivity index (χ0) is 13.8. The Kier molecular flexibility index (Phi) is 3.43. The molecule has 2 aromatic rings. The molecule has 1 aliphatic heterocycles. The van der Waals surface area contributed by atoms with E-state index in [-0.39, 0.29) is 0 Å². The van der Waals surface area contributed by atoms with Crippen molar-refractivity contribution in [1.82, 2.24) is 15.3 Å². The summed E-state index contributed by atoms with van der Waals surface area (Å²) in [6, 6.07) is 11.1. The Morgan fingerprint density at radius 2 is 1.80 bits per heavy atom. The first kappa shape index (κ1) is 12.7. The molecule has 20 heavy (non-hydrogen) atoms. The minimum atomic E-state index is -1.43. The van der Waals surface area contributed by atoms with Gasteiger partial charge in [-0.05, 0) is 18.1 Å². The van der Waals surface area contributed by atoms with Crippen molar-refractivity contribution in [3.8, 4) is 0 Å². The third-order valence-electron chi connectivity index (χ3n) is 3.32. The van der Waals surface area contributed by atoms with Crippen LogP contribution in [0.15, 0.2) is 53.8 Å². The number of nitrogens with one attached hydrogen (secondary N) is 1. The van der Waals surface area contributed by atoms with Gasteiger partial charge in [0.15, 0.2) is 5.82 Å². The van der Waals surface area contributed by atoms with E-state index in [1.807, 2.05) is 30.3 Å². The van der Waals surface area contributed by atoms with Crippen LogP contribution >= 0.6 is 0 Å². The van der Waals surface area contributed by atoms with E-state index in [2.05, 4.69) is 20.3 Å². The van der Waals surface area contributed by atoms with Crippen LogP contribution in [0.4, 0.5) is 0 Å². The van der Waals surface area contributed by atoms with Crippen molar-refractivity contribution < 1.29 is 5.11 Å². The van der Waals surface area contributed by atoms with Crippen LogP contribution < -0.4 is 5.32 Å². The van der Waals surface area contributed by atoms with E-state index in [9.17, 15) is 5.11 Å². The molecule has 0 aliphatic carbocycles. The minimum absolute atomic E-state index is 0.333. The summed E-state index contributed by atoms with van der Waals surface area (Å²) in [7, 11) is 0. The Morgan fingerprint density at radius 1 is 1.05 bits per heavy atom. The summed E-state index contributed by atoms with van der Waals surface area (Å²) in [5, 5.41) is 14.4. The zero-order valence-corrected chi connectivity index (χ0v) is 11.0. The Morgan fingerprint density at radius 3 is 2.45 bits per heavy atom. The second-order valence-corrected chi connectivity index (χ2v) is 4.66. The quantitative estimate of drug-likeness (QED) is 0.874. The van der Waals surface area contributed by atoms with Crippen LogP contribution in [-0.4, -0.2) is 34.0 Å². The number of rotatable bonds is 3. The fraction of sp³-hybridized carbons (Fsp3) is 0.267. The van der Waals surface area contributed by atoms with Crippen LogP contribution in [-0.2, 0) is 5.60 Å². The smallest absolute Gasteiger partial charge is 0.207 e. The molecule has 0 spiro atoms. The van der Waals surface area contributed by atoms with Crippen molar-refractivity contribution in [3.63, 3.8) is 0 Å². The topological polar surface area (TPSA) is 70.4 Å². The van der Waals surface area contributed by atoms with Crippen LogP contribution in [0, 0.1) is 0 Å². The normalized spacial score (nSPS) is 17.8. The SMILES string of the molecule is OC(C1=NCCCN1)(c1ccccc1)c1ncccn1. The highest BCUT2D eigenvalue weighted by atomic mass is 16.3. The predicted octanol–water partition coefficient (Wildman–Crippen LogP) is 1.10. The Balaban J connectivity index is 2.15. The lowest BCUT2D eigenvalue weighted by Gasteiger charge is -2.31. The molecule has 2 heterocycles. The Bertz CT molecular complexity index is 558. The number of nitrogens with zero attached hydrogens (tertiary/aromatic N) is 3. The molecule has 0 amide bonds. The van der Waals surface area contributed by atoms with Crippen LogP contribution in [0.25, 0.3) is 0 Å². The Labute approximate surface area is 117 Å². The van der Waals surface area contributed by atoms with Crippen molar-refractivity contribution >= 4 is 5.84 Å². The lowest BCUT2D eigenvalue weighted by molar-refractivity contribution is 0.140. The van der Waals surface area contributed by atoms with E-state index >= 15 is 0 Å². The van der Waals surface area contributed by atoms with E-state index < -0.39 is 5.60 Å². The fourth-order valence-electron chi connectivity index (χ4n) is 2.31. The van der Waals surface area contributed by atoms with Crippen molar-refractivity contribution in [2.45, 2.75) is 12.0 Å². The van der Waals surface area contributed by atoms with Gasteiger partial charge in [-0.3, -0.25) is 4.99 Å². The molecule has 0 bridgehead atoms. The van der Waals surface area contributed by atoms with Crippen molar-refractivity contribution in [2.24, 2.45) is 4.99 Å². The van der Waals surface area contributed by atoms with E-state index in [4.69, 9.17) is 0 Å². The van der Waals surface area contributed by atoms with E-state index in [0.717, 1.165) is 13.0 Å². The van der Waals surface area contributed by atoms with Gasteiger partial charge in [-0.15, -0.1) is 0 Å². The molecule has 0 fully saturated rings. The predicted molar refractivity (Wildman–Crippen MR) is 76.4 cm³/mol. The average molecular weight is 268 g/mol. The standard InChI is InChI=1S/C15H16N4O/c20-15(12-6-2-1-3-7-12,13-16-8-4-9-17-13)14-18-10-5-11-19-14/h1-4,6-9,20H,5,10-11H2,(H,18,19). The summed E-state index contributed by atoms with van der Waals surface area (Å²) in [5.74, 6) is 0.848. The van der Waals surface area contributed by atoms with Crippen LogP contribution in [0.3, 0.4) is 0 Å². The summed E-state index contributed by atoms with van der Waals surface area (Å²) in [5.41, 5.74) is -0.720. The van der Waals surface area contributed by atoms with E-state index in [0.29, 0.717) is 23.8 Å². The highest BCUT2D eigenvalue weighted by Crippen LogP contribution is 2.28. The molecule has 0 saturated heterocycles. The molecule has 1 atom stereocenters. The molecule has 0 radical (unpaired) electrons. The van der Waals surface area contributed by atoms with Gasteiger partial charge in [0, 0.05) is 25.5 Å². The maximum atomic E-state index is 11.3. The average Bonchev–Trinajstić information content (AvgIpc) is 2.56. The van der Waals surface area contributed by atoms with Crippen LogP contribution in [0.5, 0.6) is 0 Å². The second-order valence-electron chi connectivity index (χ2n) is 4.66. The van der Waals surface area contributed by atoms with Gasteiger partial charge in [-0.25, -0.2) is 9.97 Å². The molecule has 102 valence electrons. The largest absolute Gasteiger partial charge is 0.371 e. The van der Waals surface area contributed by atoms with Crippen molar-refractivity contribution in [1.29, 1.82) is 0 Å². The molecule has 5 nitrogen and oxygen atoms in total. The van der Waals surface area contributed by atoms with Crippen molar-refractivity contribution in [3.05, 3.63) is 60.2 Å². The molecule has 2 N–H and O–H groups in total. The molecule has 1 aromatic heterocycles. The number of hydrogen-bond acceptors (Lipinski definition) is 5. The number of aromatic nitrogens is 2. The van der Waals surface area contributed by atoms with Gasteiger partial charge >= 0.3 is 0 Å². The third-order valence-corrected chi connectivity index (χ3v) is 3.32. The summed E-state index contributed by atoms with van der Waals surface area (Å²) >= 11 is 0. The maximum Gasteiger partial charge on any atom is 0.207 e. The zero-order valence-electron chi connectivity index (χ0n) is 11.0. The van der Waals surface area contributed by atoms with Gasteiger partial charge in [-0.1, -0.05) is 30.3 Å². The first-order valence-electron chi connectivity index (χ1n) is 6.66. The summed E-state index contributed by atoms with van der Waals surface area (Å²) in [6.07, 6.45) is 4.21. The lowest BCUT2D eigenvalue weighted by atomic mass is 9.90. The van der Waals surface area contributed by atoms with E-state index in [1.54, 1.807) is 18.5 Å².